The van der Waals surface area contributed by atoms with E-state index >= 15 is 0 Å². The molecule has 6 heteroatoms. The highest BCUT2D eigenvalue weighted by Gasteiger charge is 2.27. The van der Waals surface area contributed by atoms with Crippen molar-refractivity contribution in [1.82, 2.24) is 5.32 Å². The molecule has 1 N–H and O–H groups in total. The van der Waals surface area contributed by atoms with Gasteiger partial charge in [-0.2, -0.15) is 0 Å². The number of aliphatic carboxylic acids is 1. The Morgan fingerprint density at radius 1 is 1.04 bits per heavy atom. The normalized spacial score (nSPS) is 12.7. The van der Waals surface area contributed by atoms with E-state index in [4.69, 9.17) is 4.74 Å². The highest BCUT2D eigenvalue weighted by atomic mass is 31.2. The molecule has 0 aromatic carbocycles. The van der Waals surface area contributed by atoms with Gasteiger partial charge in [0.25, 0.3) is 0 Å². The average Bonchev–Trinajstić information content (AvgIpc) is 2.39. The lowest BCUT2D eigenvalue weighted by molar-refractivity contribution is -0.307. The molecule has 5 nitrogen and oxygen atoms in total. The molecule has 0 aromatic heterocycles. The molecule has 0 fully saturated rings. The fourth-order valence-electron chi connectivity index (χ4n) is 2.41. The summed E-state index contributed by atoms with van der Waals surface area (Å²) in [4.78, 5) is 22.5. The molecule has 0 aliphatic rings. The lowest BCUT2D eigenvalue weighted by Crippen LogP contribution is -2.36. The summed E-state index contributed by atoms with van der Waals surface area (Å²) in [5, 5.41) is 13.5. The van der Waals surface area contributed by atoms with Gasteiger partial charge >= 0.3 is 6.09 Å². The first-order valence-corrected chi connectivity index (χ1v) is 12.0. The maximum atomic E-state index is 11.8. The van der Waals surface area contributed by atoms with Gasteiger partial charge in [0, 0.05) is 46.2 Å². The Labute approximate surface area is 141 Å². The van der Waals surface area contributed by atoms with E-state index in [1.54, 1.807) is 0 Å². The van der Waals surface area contributed by atoms with Gasteiger partial charge in [-0.3, -0.25) is 0 Å². The van der Waals surface area contributed by atoms with Crippen molar-refractivity contribution in [2.24, 2.45) is 0 Å². The molecule has 0 saturated carbocycles. The van der Waals surface area contributed by atoms with Crippen molar-refractivity contribution >= 4 is 19.3 Å². The van der Waals surface area contributed by atoms with Crippen LogP contribution in [0.25, 0.3) is 0 Å². The van der Waals surface area contributed by atoms with Crippen LogP contribution in [-0.4, -0.2) is 50.9 Å². The number of carboxylic acids is 1. The fraction of sp³-hybridized carbons (Fsp3) is 0.882. The maximum absolute atomic E-state index is 11.8. The number of rotatable bonds is 13. The number of hydrogen-bond acceptors (Lipinski definition) is 4. The summed E-state index contributed by atoms with van der Waals surface area (Å²) in [6, 6.07) is 0. The van der Waals surface area contributed by atoms with Crippen LogP contribution in [0.15, 0.2) is 0 Å². The molecule has 0 aromatic rings. The molecule has 0 aliphatic heterocycles. The number of carboxylic acid groups (broad SMARTS) is 1. The van der Waals surface area contributed by atoms with Crippen molar-refractivity contribution in [2.75, 3.05) is 32.7 Å². The van der Waals surface area contributed by atoms with Crippen molar-refractivity contribution in [1.29, 1.82) is 0 Å². The van der Waals surface area contributed by atoms with Crippen LogP contribution in [0.5, 0.6) is 0 Å². The van der Waals surface area contributed by atoms with Crippen molar-refractivity contribution in [3.05, 3.63) is 0 Å². The van der Waals surface area contributed by atoms with Crippen molar-refractivity contribution in [3.8, 4) is 0 Å². The summed E-state index contributed by atoms with van der Waals surface area (Å²) in [5.41, 5.74) is 0. The van der Waals surface area contributed by atoms with Gasteiger partial charge in [0.05, 0.1) is 6.16 Å². The van der Waals surface area contributed by atoms with Gasteiger partial charge in [-0.25, -0.2) is 4.79 Å². The van der Waals surface area contributed by atoms with Crippen molar-refractivity contribution in [2.45, 2.75) is 64.4 Å². The standard InChI is InChI=1S/C17H34NO4P/c1-5-6-7-8-9-10-11-12-18-17(21)22-15(13-16(19)20)14-23(2,3)4/h15H,5-14H2,1-4H3,(H-,18,19,20,21). The van der Waals surface area contributed by atoms with Gasteiger partial charge in [0.1, 0.15) is 6.10 Å². The summed E-state index contributed by atoms with van der Waals surface area (Å²) in [7, 11) is -1.23. The van der Waals surface area contributed by atoms with E-state index in [1.807, 2.05) is 0 Å². The van der Waals surface area contributed by atoms with Gasteiger partial charge in [-0.05, 0) is 6.42 Å². The lowest BCUT2D eigenvalue weighted by atomic mass is 10.1. The predicted octanol–water partition coefficient (Wildman–Crippen LogP) is 2.88. The number of nitrogens with one attached hydrogen (secondary N) is 1. The lowest BCUT2D eigenvalue weighted by Gasteiger charge is -2.22. The fourth-order valence-corrected chi connectivity index (χ4v) is 3.83. The molecule has 0 spiro atoms. The van der Waals surface area contributed by atoms with E-state index in [9.17, 15) is 14.7 Å². The third-order valence-corrected chi connectivity index (χ3v) is 4.97. The molecule has 0 saturated heterocycles. The van der Waals surface area contributed by atoms with Gasteiger partial charge in [-0.15, -0.1) is 0 Å². The molecule has 0 heterocycles. The molecule has 0 rings (SSSR count). The second-order valence-corrected chi connectivity index (χ2v) is 12.1. The van der Waals surface area contributed by atoms with Gasteiger partial charge in [0.15, 0.2) is 0 Å². The minimum Gasteiger partial charge on any atom is -0.550 e. The zero-order valence-electron chi connectivity index (χ0n) is 15.2. The molecule has 1 amide bonds. The summed E-state index contributed by atoms with van der Waals surface area (Å²) < 4.78 is 5.25. The van der Waals surface area contributed by atoms with E-state index in [1.165, 1.54) is 32.1 Å². The quantitative estimate of drug-likeness (QED) is 0.410. The third kappa shape index (κ3) is 15.8. The molecule has 23 heavy (non-hydrogen) atoms. The Hall–Kier alpha value is -0.830. The number of ether oxygens (including phenoxy) is 1. The number of unbranched alkanes of at least 4 members (excludes halogenated alkanes) is 6. The van der Waals surface area contributed by atoms with Gasteiger partial charge in [-0.1, -0.05) is 45.4 Å². The molecular weight excluding hydrogens is 313 g/mol. The topological polar surface area (TPSA) is 78.5 Å². The first-order chi connectivity index (χ1) is 10.7. The van der Waals surface area contributed by atoms with Crippen molar-refractivity contribution < 1.29 is 19.4 Å². The number of hydrogen-bond donors (Lipinski definition) is 1. The van der Waals surface area contributed by atoms with Gasteiger partial charge < -0.3 is 20.0 Å². The molecule has 0 bridgehead atoms. The number of carbonyl (C=O) groups is 2. The zero-order chi connectivity index (χ0) is 17.7. The van der Waals surface area contributed by atoms with Crippen LogP contribution in [0.1, 0.15) is 58.3 Å². The van der Waals surface area contributed by atoms with Crippen LogP contribution in [-0.2, 0) is 9.53 Å². The van der Waals surface area contributed by atoms with Crippen molar-refractivity contribution in [3.63, 3.8) is 0 Å². The highest BCUT2D eigenvalue weighted by molar-refractivity contribution is 7.73. The Bertz CT molecular complexity index is 342. The Balaban J connectivity index is 3.88. The molecule has 136 valence electrons. The average molecular weight is 347 g/mol. The number of alkyl carbamates (subject to hydrolysis) is 1. The van der Waals surface area contributed by atoms with E-state index in [2.05, 4.69) is 32.2 Å². The van der Waals surface area contributed by atoms with E-state index in [0.717, 1.165) is 12.8 Å². The molecule has 0 aliphatic carbocycles. The predicted molar refractivity (Wildman–Crippen MR) is 95.4 cm³/mol. The Morgan fingerprint density at radius 2 is 1.61 bits per heavy atom. The van der Waals surface area contributed by atoms with Crippen LogP contribution < -0.4 is 10.4 Å². The molecular formula is C17H34NO4P. The molecule has 1 unspecified atom stereocenters. The zero-order valence-corrected chi connectivity index (χ0v) is 16.1. The third-order valence-electron chi connectivity index (χ3n) is 3.47. The smallest absolute Gasteiger partial charge is 0.407 e. The minimum absolute atomic E-state index is 0.234. The SMILES string of the molecule is CCCCCCCCCNC(=O)OC(CC(=O)[O-])C[P+](C)(C)C. The molecule has 1 atom stereocenters. The second kappa shape index (κ2) is 12.6. The van der Waals surface area contributed by atoms with E-state index < -0.39 is 25.4 Å². The largest absolute Gasteiger partial charge is 0.550 e. The van der Waals surface area contributed by atoms with Crippen LogP contribution in [0, 0.1) is 0 Å². The van der Waals surface area contributed by atoms with E-state index in [0.29, 0.717) is 12.7 Å². The van der Waals surface area contributed by atoms with Crippen LogP contribution >= 0.6 is 7.26 Å². The van der Waals surface area contributed by atoms with Crippen LogP contribution in [0.4, 0.5) is 4.79 Å². The monoisotopic (exact) mass is 347 g/mol. The maximum Gasteiger partial charge on any atom is 0.407 e. The summed E-state index contributed by atoms with van der Waals surface area (Å²) in [5.74, 6) is -1.18. The minimum atomic E-state index is -1.23. The number of amides is 1. The van der Waals surface area contributed by atoms with E-state index in [-0.39, 0.29) is 6.42 Å². The summed E-state index contributed by atoms with van der Waals surface area (Å²) in [6.07, 6.45) is 7.55. The van der Waals surface area contributed by atoms with Crippen LogP contribution in [0.3, 0.4) is 0 Å². The summed E-state index contributed by atoms with van der Waals surface area (Å²) >= 11 is 0. The van der Waals surface area contributed by atoms with Gasteiger partial charge in [0.2, 0.25) is 0 Å². The molecule has 0 radical (unpaired) electrons. The Kier molecular flexibility index (Phi) is 12.1. The van der Waals surface area contributed by atoms with Crippen LogP contribution in [0.2, 0.25) is 0 Å². The second-order valence-electron chi connectivity index (χ2n) is 7.12. The first-order valence-electron chi connectivity index (χ1n) is 8.69. The highest BCUT2D eigenvalue weighted by Crippen LogP contribution is 2.47. The number of carbonyl (C=O) groups excluding carboxylic acids is 2. The summed E-state index contributed by atoms with van der Waals surface area (Å²) in [6.45, 7) is 9.05. The Morgan fingerprint density at radius 3 is 2.13 bits per heavy atom. The first kappa shape index (κ1) is 22.2.